The molecule has 0 saturated heterocycles. The summed E-state index contributed by atoms with van der Waals surface area (Å²) in [6.07, 6.45) is 0.109. The number of hydrogen-bond donors (Lipinski definition) is 1. The molecule has 28 heavy (non-hydrogen) atoms. The standard InChI is InChI=1S/C24H21NO3/c1-24(2)20-14-18(11-12-21(20)25-22(15-26)28-24)17-9-6-10-19(13-17)23(27)16-7-4-3-5-8-16/h3-15,22,25H,1-2H3. The lowest BCUT2D eigenvalue weighted by Gasteiger charge is -2.37. The maximum Gasteiger partial charge on any atom is 0.193 e. The second kappa shape index (κ2) is 7.06. The van der Waals surface area contributed by atoms with Crippen molar-refractivity contribution in [2.75, 3.05) is 5.32 Å². The molecular formula is C24H21NO3. The van der Waals surface area contributed by atoms with E-state index in [1.807, 2.05) is 80.6 Å². The molecule has 4 heteroatoms. The highest BCUT2D eigenvalue weighted by Gasteiger charge is 2.33. The first-order chi connectivity index (χ1) is 13.5. The smallest absolute Gasteiger partial charge is 0.193 e. The largest absolute Gasteiger partial charge is 0.354 e. The Balaban J connectivity index is 1.71. The van der Waals surface area contributed by atoms with Gasteiger partial charge in [0.15, 0.2) is 18.3 Å². The van der Waals surface area contributed by atoms with E-state index in [4.69, 9.17) is 4.74 Å². The number of aldehydes is 1. The molecule has 0 saturated carbocycles. The molecule has 0 aliphatic carbocycles. The van der Waals surface area contributed by atoms with Crippen LogP contribution in [0.3, 0.4) is 0 Å². The Kier molecular flexibility index (Phi) is 4.57. The summed E-state index contributed by atoms with van der Waals surface area (Å²) in [5.74, 6) is -0.000403. The molecule has 1 aliphatic heterocycles. The summed E-state index contributed by atoms with van der Waals surface area (Å²) in [4.78, 5) is 23.9. The van der Waals surface area contributed by atoms with Crippen LogP contribution in [0.1, 0.15) is 35.3 Å². The molecule has 0 amide bonds. The zero-order valence-corrected chi connectivity index (χ0v) is 15.8. The zero-order chi connectivity index (χ0) is 19.7. The van der Waals surface area contributed by atoms with Crippen LogP contribution in [-0.4, -0.2) is 18.3 Å². The predicted molar refractivity (Wildman–Crippen MR) is 109 cm³/mol. The molecular weight excluding hydrogens is 350 g/mol. The molecule has 0 radical (unpaired) electrons. The number of ether oxygens (including phenoxy) is 1. The van der Waals surface area contributed by atoms with Gasteiger partial charge in [-0.2, -0.15) is 0 Å². The van der Waals surface area contributed by atoms with Gasteiger partial charge in [0.05, 0.1) is 5.60 Å². The van der Waals surface area contributed by atoms with Crippen LogP contribution in [0.15, 0.2) is 72.8 Å². The molecule has 1 heterocycles. The maximum absolute atomic E-state index is 12.8. The van der Waals surface area contributed by atoms with E-state index in [0.717, 1.165) is 28.7 Å². The van der Waals surface area contributed by atoms with Gasteiger partial charge in [-0.15, -0.1) is 0 Å². The van der Waals surface area contributed by atoms with E-state index < -0.39 is 11.8 Å². The molecule has 140 valence electrons. The Labute approximate surface area is 164 Å². The van der Waals surface area contributed by atoms with Crippen molar-refractivity contribution in [2.24, 2.45) is 0 Å². The Bertz CT molecular complexity index is 1040. The number of ketones is 1. The van der Waals surface area contributed by atoms with Gasteiger partial charge in [0.2, 0.25) is 0 Å². The lowest BCUT2D eigenvalue weighted by Crippen LogP contribution is -2.39. The van der Waals surface area contributed by atoms with Gasteiger partial charge in [-0.05, 0) is 43.2 Å². The monoisotopic (exact) mass is 371 g/mol. The lowest BCUT2D eigenvalue weighted by atomic mass is 9.90. The van der Waals surface area contributed by atoms with E-state index in [1.165, 1.54) is 0 Å². The fourth-order valence-electron chi connectivity index (χ4n) is 3.57. The molecule has 0 fully saturated rings. The van der Waals surface area contributed by atoms with E-state index in [1.54, 1.807) is 0 Å². The summed E-state index contributed by atoms with van der Waals surface area (Å²) in [5.41, 5.74) is 4.53. The van der Waals surface area contributed by atoms with Crippen LogP contribution in [0.2, 0.25) is 0 Å². The van der Waals surface area contributed by atoms with Gasteiger partial charge in [0.1, 0.15) is 0 Å². The summed E-state index contributed by atoms with van der Waals surface area (Å²) >= 11 is 0. The number of carbonyl (C=O) groups excluding carboxylic acids is 2. The molecule has 4 rings (SSSR count). The normalized spacial score (nSPS) is 17.3. The van der Waals surface area contributed by atoms with E-state index >= 15 is 0 Å². The second-order valence-electron chi connectivity index (χ2n) is 7.37. The van der Waals surface area contributed by atoms with Gasteiger partial charge >= 0.3 is 0 Å². The fourth-order valence-corrected chi connectivity index (χ4v) is 3.57. The van der Waals surface area contributed by atoms with Crippen LogP contribution in [0.4, 0.5) is 5.69 Å². The SMILES string of the molecule is CC1(C)OC(C=O)Nc2ccc(-c3cccc(C(=O)c4ccccc4)c3)cc21. The first-order valence-electron chi connectivity index (χ1n) is 9.22. The lowest BCUT2D eigenvalue weighted by molar-refractivity contribution is -0.128. The van der Waals surface area contributed by atoms with E-state index in [-0.39, 0.29) is 5.78 Å². The highest BCUT2D eigenvalue weighted by Crippen LogP contribution is 2.39. The quantitative estimate of drug-likeness (QED) is 0.529. The van der Waals surface area contributed by atoms with Crippen molar-refractivity contribution in [3.8, 4) is 11.1 Å². The molecule has 3 aromatic rings. The van der Waals surface area contributed by atoms with E-state index in [0.29, 0.717) is 11.1 Å². The number of rotatable bonds is 4. The Hall–Kier alpha value is -3.24. The van der Waals surface area contributed by atoms with Gasteiger partial charge in [-0.1, -0.05) is 54.6 Å². The third kappa shape index (κ3) is 3.35. The molecule has 3 aromatic carbocycles. The average molecular weight is 371 g/mol. The number of nitrogens with one attached hydrogen (secondary N) is 1. The molecule has 0 bridgehead atoms. The van der Waals surface area contributed by atoms with Crippen molar-refractivity contribution >= 4 is 17.8 Å². The van der Waals surface area contributed by atoms with Gasteiger partial charge in [-0.3, -0.25) is 9.59 Å². The van der Waals surface area contributed by atoms with Crippen molar-refractivity contribution < 1.29 is 14.3 Å². The highest BCUT2D eigenvalue weighted by molar-refractivity contribution is 6.09. The van der Waals surface area contributed by atoms with Gasteiger partial charge in [0, 0.05) is 22.4 Å². The van der Waals surface area contributed by atoms with Crippen LogP contribution in [0.25, 0.3) is 11.1 Å². The maximum atomic E-state index is 12.8. The minimum absolute atomic E-state index is 0.000403. The molecule has 0 aromatic heterocycles. The van der Waals surface area contributed by atoms with Crippen molar-refractivity contribution in [3.63, 3.8) is 0 Å². The number of carbonyl (C=O) groups is 2. The van der Waals surface area contributed by atoms with Crippen LogP contribution in [0, 0.1) is 0 Å². The number of fused-ring (bicyclic) bond motifs is 1. The highest BCUT2D eigenvalue weighted by atomic mass is 16.5. The molecule has 4 nitrogen and oxygen atoms in total. The summed E-state index contributed by atoms with van der Waals surface area (Å²) in [6.45, 7) is 3.89. The van der Waals surface area contributed by atoms with E-state index in [9.17, 15) is 9.59 Å². The average Bonchev–Trinajstić information content (AvgIpc) is 2.73. The molecule has 1 aliphatic rings. The summed E-state index contributed by atoms with van der Waals surface area (Å²) < 4.78 is 5.83. The van der Waals surface area contributed by atoms with Crippen LogP contribution < -0.4 is 5.32 Å². The van der Waals surface area contributed by atoms with E-state index in [2.05, 4.69) is 11.4 Å². The first-order valence-corrected chi connectivity index (χ1v) is 9.22. The van der Waals surface area contributed by atoms with Crippen LogP contribution in [0.5, 0.6) is 0 Å². The predicted octanol–water partition coefficient (Wildman–Crippen LogP) is 4.79. The first kappa shape index (κ1) is 18.1. The van der Waals surface area contributed by atoms with Crippen molar-refractivity contribution in [1.82, 2.24) is 0 Å². The van der Waals surface area contributed by atoms with Crippen molar-refractivity contribution in [2.45, 2.75) is 25.7 Å². The molecule has 1 unspecified atom stereocenters. The van der Waals surface area contributed by atoms with Gasteiger partial charge in [0.25, 0.3) is 0 Å². The number of anilines is 1. The molecule has 1 N–H and O–H groups in total. The minimum atomic E-state index is -0.653. The number of benzene rings is 3. The summed E-state index contributed by atoms with van der Waals surface area (Å²) in [5, 5.41) is 3.09. The summed E-state index contributed by atoms with van der Waals surface area (Å²) in [6, 6.07) is 22.9. The minimum Gasteiger partial charge on any atom is -0.354 e. The van der Waals surface area contributed by atoms with Crippen molar-refractivity contribution in [1.29, 1.82) is 0 Å². The Morgan fingerprint density at radius 3 is 2.39 bits per heavy atom. The fraction of sp³-hybridized carbons (Fsp3) is 0.167. The molecule has 1 atom stereocenters. The molecule has 0 spiro atoms. The van der Waals surface area contributed by atoms with Crippen LogP contribution >= 0.6 is 0 Å². The zero-order valence-electron chi connectivity index (χ0n) is 15.8. The third-order valence-corrected chi connectivity index (χ3v) is 5.01. The van der Waals surface area contributed by atoms with Gasteiger partial charge in [-0.25, -0.2) is 0 Å². The number of hydrogen-bond acceptors (Lipinski definition) is 4. The van der Waals surface area contributed by atoms with Crippen LogP contribution in [-0.2, 0) is 15.1 Å². The second-order valence-corrected chi connectivity index (χ2v) is 7.37. The Morgan fingerprint density at radius 2 is 1.64 bits per heavy atom. The topological polar surface area (TPSA) is 55.4 Å². The van der Waals surface area contributed by atoms with Gasteiger partial charge < -0.3 is 10.1 Å². The summed E-state index contributed by atoms with van der Waals surface area (Å²) in [7, 11) is 0. The van der Waals surface area contributed by atoms with Crippen molar-refractivity contribution in [3.05, 3.63) is 89.5 Å². The Morgan fingerprint density at radius 1 is 0.929 bits per heavy atom. The third-order valence-electron chi connectivity index (χ3n) is 5.01.